The third kappa shape index (κ3) is 8.97. The van der Waals surface area contributed by atoms with Gasteiger partial charge in [0.25, 0.3) is 0 Å². The first-order valence-corrected chi connectivity index (χ1v) is 17.3. The standard InChI is InChI=1S/C29H32N6O4S3/c36-24(18-20-6-2-1-3-7-20)30-28-34-32-26(40-28)14-16-42(38,39)17-15-27-33-35-29(41-27)31-25(37)19-21-10-12-23(13-11-21)22-8-4-5-9-22/h1-3,6-7,10-13,22H,4-5,8-9,14-19H2,(H,30,34,36)(H,31,35,37). The van der Waals surface area contributed by atoms with Gasteiger partial charge < -0.3 is 10.6 Å². The van der Waals surface area contributed by atoms with Gasteiger partial charge in [0.1, 0.15) is 10.0 Å². The van der Waals surface area contributed by atoms with E-state index in [0.717, 1.165) is 22.5 Å². The third-order valence-corrected chi connectivity index (χ3v) is 10.5. The molecule has 0 radical (unpaired) electrons. The van der Waals surface area contributed by atoms with E-state index in [9.17, 15) is 18.0 Å². The highest BCUT2D eigenvalue weighted by Gasteiger charge is 2.18. The molecule has 0 atom stereocenters. The molecule has 1 fully saturated rings. The van der Waals surface area contributed by atoms with E-state index in [4.69, 9.17) is 0 Å². The summed E-state index contributed by atoms with van der Waals surface area (Å²) >= 11 is 2.34. The molecule has 1 saturated carbocycles. The summed E-state index contributed by atoms with van der Waals surface area (Å²) in [6.07, 6.45) is 5.90. The van der Waals surface area contributed by atoms with Gasteiger partial charge in [0.05, 0.1) is 24.3 Å². The fraction of sp³-hybridized carbons (Fsp3) is 0.379. The zero-order valence-corrected chi connectivity index (χ0v) is 25.4. The van der Waals surface area contributed by atoms with Crippen LogP contribution in [0.1, 0.15) is 58.3 Å². The SMILES string of the molecule is O=C(Cc1ccccc1)Nc1nnc(CCS(=O)(=O)CCc2nnc(NC(=O)Cc3ccc(C4CCCC4)cc3)s2)s1. The van der Waals surface area contributed by atoms with Crippen molar-refractivity contribution in [2.45, 2.75) is 57.3 Å². The second-order valence-electron chi connectivity index (χ2n) is 10.3. The normalized spacial score (nSPS) is 13.7. The molecule has 0 spiro atoms. The zero-order chi connectivity index (χ0) is 29.4. The Balaban J connectivity index is 1.03. The van der Waals surface area contributed by atoms with Crippen molar-refractivity contribution in [1.82, 2.24) is 20.4 Å². The number of carbonyl (C=O) groups excluding carboxylic acids is 2. The predicted octanol–water partition coefficient (Wildman–Crippen LogP) is 4.61. The molecule has 2 aromatic heterocycles. The van der Waals surface area contributed by atoms with E-state index in [1.807, 2.05) is 42.5 Å². The molecule has 220 valence electrons. The van der Waals surface area contributed by atoms with Crippen molar-refractivity contribution in [2.75, 3.05) is 22.1 Å². The van der Waals surface area contributed by atoms with Crippen LogP contribution in [0.25, 0.3) is 0 Å². The van der Waals surface area contributed by atoms with E-state index >= 15 is 0 Å². The highest BCUT2D eigenvalue weighted by molar-refractivity contribution is 7.91. The number of aromatic nitrogens is 4. The summed E-state index contributed by atoms with van der Waals surface area (Å²) in [6, 6.07) is 17.6. The number of hydrogen-bond donors (Lipinski definition) is 2. The van der Waals surface area contributed by atoms with Crippen molar-refractivity contribution in [1.29, 1.82) is 0 Å². The summed E-state index contributed by atoms with van der Waals surface area (Å²) < 4.78 is 25.3. The lowest BCUT2D eigenvalue weighted by molar-refractivity contribution is -0.116. The number of rotatable bonds is 13. The van der Waals surface area contributed by atoms with Gasteiger partial charge in [0.15, 0.2) is 9.84 Å². The lowest BCUT2D eigenvalue weighted by Gasteiger charge is -2.10. The number of nitrogens with one attached hydrogen (secondary N) is 2. The van der Waals surface area contributed by atoms with Crippen molar-refractivity contribution in [3.63, 3.8) is 0 Å². The topological polar surface area (TPSA) is 144 Å². The van der Waals surface area contributed by atoms with Crippen LogP contribution < -0.4 is 10.6 Å². The second-order valence-corrected chi connectivity index (χ2v) is 14.7. The van der Waals surface area contributed by atoms with Crippen LogP contribution in [0, 0.1) is 0 Å². The highest BCUT2D eigenvalue weighted by atomic mass is 32.2. The summed E-state index contributed by atoms with van der Waals surface area (Å²) in [4.78, 5) is 24.7. The lowest BCUT2D eigenvalue weighted by atomic mass is 9.96. The Bertz CT molecular complexity index is 1600. The smallest absolute Gasteiger partial charge is 0.230 e. The fourth-order valence-electron chi connectivity index (χ4n) is 4.86. The minimum Gasteiger partial charge on any atom is -0.300 e. The van der Waals surface area contributed by atoms with E-state index in [1.54, 1.807) is 0 Å². The van der Waals surface area contributed by atoms with Crippen molar-refractivity contribution >= 4 is 54.6 Å². The molecule has 0 aliphatic heterocycles. The van der Waals surface area contributed by atoms with Gasteiger partial charge in [-0.05, 0) is 35.4 Å². The molecule has 1 aliphatic rings. The van der Waals surface area contributed by atoms with Gasteiger partial charge in [0.2, 0.25) is 22.1 Å². The molecule has 0 unspecified atom stereocenters. The van der Waals surface area contributed by atoms with Crippen molar-refractivity contribution in [2.24, 2.45) is 0 Å². The predicted molar refractivity (Wildman–Crippen MR) is 165 cm³/mol. The van der Waals surface area contributed by atoms with E-state index in [1.165, 1.54) is 42.6 Å². The minimum atomic E-state index is -3.39. The van der Waals surface area contributed by atoms with E-state index in [0.29, 0.717) is 26.2 Å². The van der Waals surface area contributed by atoms with Crippen LogP contribution >= 0.6 is 22.7 Å². The Kier molecular flexibility index (Phi) is 10.0. The molecular formula is C29H32N6O4S3. The van der Waals surface area contributed by atoms with E-state index < -0.39 is 9.84 Å². The Morgan fingerprint density at radius 1 is 0.714 bits per heavy atom. The van der Waals surface area contributed by atoms with Crippen molar-refractivity contribution < 1.29 is 18.0 Å². The Morgan fingerprint density at radius 2 is 1.21 bits per heavy atom. The first-order chi connectivity index (χ1) is 20.3. The maximum Gasteiger partial charge on any atom is 0.230 e. The van der Waals surface area contributed by atoms with E-state index in [2.05, 4.69) is 43.2 Å². The van der Waals surface area contributed by atoms with Gasteiger partial charge in [-0.2, -0.15) is 0 Å². The monoisotopic (exact) mass is 624 g/mol. The quantitative estimate of drug-likeness (QED) is 0.220. The van der Waals surface area contributed by atoms with Crippen LogP contribution in [0.4, 0.5) is 10.3 Å². The lowest BCUT2D eigenvalue weighted by Crippen LogP contribution is -2.14. The number of sulfone groups is 1. The summed E-state index contributed by atoms with van der Waals surface area (Å²) in [5, 5.41) is 23.2. The fourth-order valence-corrected chi connectivity index (χ4v) is 7.84. The molecule has 42 heavy (non-hydrogen) atoms. The summed E-state index contributed by atoms with van der Waals surface area (Å²) in [5.41, 5.74) is 3.16. The molecule has 10 nitrogen and oxygen atoms in total. The van der Waals surface area contributed by atoms with Crippen LogP contribution in [0.5, 0.6) is 0 Å². The average Bonchev–Trinajstić information content (AvgIpc) is 3.75. The maximum absolute atomic E-state index is 12.6. The van der Waals surface area contributed by atoms with Crippen molar-refractivity contribution in [3.05, 3.63) is 81.3 Å². The summed E-state index contributed by atoms with van der Waals surface area (Å²) in [6.45, 7) is 0. The molecule has 2 aromatic carbocycles. The molecule has 0 bridgehead atoms. The maximum atomic E-state index is 12.6. The van der Waals surface area contributed by atoms with Crippen molar-refractivity contribution in [3.8, 4) is 0 Å². The molecule has 0 saturated heterocycles. The summed E-state index contributed by atoms with van der Waals surface area (Å²) in [7, 11) is -3.39. The number of aryl methyl sites for hydroxylation is 2. The minimum absolute atomic E-state index is 0.0948. The van der Waals surface area contributed by atoms with Gasteiger partial charge in [0, 0.05) is 12.8 Å². The molecule has 5 rings (SSSR count). The van der Waals surface area contributed by atoms with Gasteiger partial charge in [-0.3, -0.25) is 9.59 Å². The molecule has 2 N–H and O–H groups in total. The van der Waals surface area contributed by atoms with Crippen LogP contribution in [0.2, 0.25) is 0 Å². The number of anilines is 2. The first-order valence-electron chi connectivity index (χ1n) is 13.9. The first kappa shape index (κ1) is 29.9. The van der Waals surface area contributed by atoms with Gasteiger partial charge >= 0.3 is 0 Å². The Morgan fingerprint density at radius 3 is 1.74 bits per heavy atom. The van der Waals surface area contributed by atoms with Gasteiger partial charge in [-0.15, -0.1) is 20.4 Å². The average molecular weight is 625 g/mol. The number of benzene rings is 2. The molecule has 2 amide bonds. The Labute approximate surface area is 252 Å². The highest BCUT2D eigenvalue weighted by Crippen LogP contribution is 2.34. The van der Waals surface area contributed by atoms with Crippen LogP contribution in [0.15, 0.2) is 54.6 Å². The van der Waals surface area contributed by atoms with E-state index in [-0.39, 0.29) is 49.0 Å². The largest absolute Gasteiger partial charge is 0.300 e. The second kappa shape index (κ2) is 14.1. The Hall–Kier alpha value is -3.55. The molecule has 4 aromatic rings. The number of hydrogen-bond acceptors (Lipinski definition) is 10. The third-order valence-electron chi connectivity index (χ3n) is 7.06. The summed E-state index contributed by atoms with van der Waals surface area (Å²) in [5.74, 6) is 0.0477. The van der Waals surface area contributed by atoms with Crippen LogP contribution in [-0.2, 0) is 45.1 Å². The molecule has 1 aliphatic carbocycles. The van der Waals surface area contributed by atoms with Crippen LogP contribution in [0.3, 0.4) is 0 Å². The number of amides is 2. The molecule has 2 heterocycles. The number of carbonyl (C=O) groups is 2. The van der Waals surface area contributed by atoms with Gasteiger partial charge in [-0.1, -0.05) is 90.1 Å². The van der Waals surface area contributed by atoms with Crippen LogP contribution in [-0.4, -0.2) is 52.1 Å². The molecule has 13 heteroatoms. The number of nitrogens with zero attached hydrogens (tertiary/aromatic N) is 4. The molecular weight excluding hydrogens is 593 g/mol. The van der Waals surface area contributed by atoms with Gasteiger partial charge in [-0.25, -0.2) is 8.42 Å². The zero-order valence-electron chi connectivity index (χ0n) is 23.0.